The summed E-state index contributed by atoms with van der Waals surface area (Å²) in [5.74, 6) is 1.14. The van der Waals surface area contributed by atoms with E-state index in [4.69, 9.17) is 4.74 Å². The van der Waals surface area contributed by atoms with Gasteiger partial charge in [0.15, 0.2) is 0 Å². The number of aliphatic hydroxyl groups excluding tert-OH is 2. The zero-order valence-corrected chi connectivity index (χ0v) is 13.0. The molecule has 0 radical (unpaired) electrons. The molecule has 1 aliphatic carbocycles. The second-order valence-electron chi connectivity index (χ2n) is 6.18. The molecule has 21 heavy (non-hydrogen) atoms. The van der Waals surface area contributed by atoms with Crippen LogP contribution in [0.15, 0.2) is 18.2 Å². The van der Waals surface area contributed by atoms with Crippen LogP contribution in [0.1, 0.15) is 30.4 Å². The summed E-state index contributed by atoms with van der Waals surface area (Å²) in [6, 6.07) is 6.38. The molecule has 0 spiro atoms. The number of aliphatic hydroxyl groups is 2. The van der Waals surface area contributed by atoms with Crippen molar-refractivity contribution in [1.82, 2.24) is 5.32 Å². The Kier molecular flexibility index (Phi) is 6.03. The predicted molar refractivity (Wildman–Crippen MR) is 83.6 cm³/mol. The van der Waals surface area contributed by atoms with Crippen molar-refractivity contribution in [3.63, 3.8) is 0 Å². The maximum Gasteiger partial charge on any atom is 0.119 e. The molecule has 4 heteroatoms. The van der Waals surface area contributed by atoms with E-state index in [1.54, 1.807) is 0 Å². The fourth-order valence-corrected chi connectivity index (χ4v) is 3.08. The van der Waals surface area contributed by atoms with Crippen molar-refractivity contribution in [2.45, 2.75) is 45.3 Å². The van der Waals surface area contributed by atoms with E-state index in [2.05, 4.69) is 11.4 Å². The van der Waals surface area contributed by atoms with Gasteiger partial charge in [0.1, 0.15) is 18.5 Å². The average Bonchev–Trinajstić information content (AvgIpc) is 2.89. The minimum absolute atomic E-state index is 0.229. The predicted octanol–water partition coefficient (Wildman–Crippen LogP) is 1.79. The smallest absolute Gasteiger partial charge is 0.119 e. The minimum Gasteiger partial charge on any atom is -0.491 e. The van der Waals surface area contributed by atoms with Gasteiger partial charge >= 0.3 is 0 Å². The summed E-state index contributed by atoms with van der Waals surface area (Å²) in [7, 11) is 0. The lowest BCUT2D eigenvalue weighted by Crippen LogP contribution is -2.40. The molecule has 1 aromatic rings. The summed E-state index contributed by atoms with van der Waals surface area (Å²) in [5.41, 5.74) is 2.32. The van der Waals surface area contributed by atoms with Crippen molar-refractivity contribution in [3.8, 4) is 5.75 Å². The second-order valence-corrected chi connectivity index (χ2v) is 6.18. The quantitative estimate of drug-likeness (QED) is 0.717. The molecule has 0 bridgehead atoms. The zero-order chi connectivity index (χ0) is 15.2. The van der Waals surface area contributed by atoms with Gasteiger partial charge in [-0.15, -0.1) is 0 Å². The number of aryl methyl sites for hydroxylation is 2. The Labute approximate surface area is 127 Å². The summed E-state index contributed by atoms with van der Waals surface area (Å²) in [5, 5.41) is 22.6. The lowest BCUT2D eigenvalue weighted by Gasteiger charge is -2.21. The second kappa shape index (κ2) is 7.78. The van der Waals surface area contributed by atoms with E-state index in [-0.39, 0.29) is 13.2 Å². The Hall–Kier alpha value is -1.10. The van der Waals surface area contributed by atoms with Gasteiger partial charge in [0, 0.05) is 19.2 Å². The molecule has 1 fully saturated rings. The summed E-state index contributed by atoms with van der Waals surface area (Å²) in [6.07, 6.45) is 2.77. The van der Waals surface area contributed by atoms with Gasteiger partial charge in [0.2, 0.25) is 0 Å². The number of ether oxygens (including phenoxy) is 1. The van der Waals surface area contributed by atoms with Crippen LogP contribution in [0.25, 0.3) is 0 Å². The summed E-state index contributed by atoms with van der Waals surface area (Å²) >= 11 is 0. The monoisotopic (exact) mass is 293 g/mol. The van der Waals surface area contributed by atoms with Crippen LogP contribution in [0, 0.1) is 19.8 Å². The van der Waals surface area contributed by atoms with E-state index < -0.39 is 6.10 Å². The standard InChI is InChI=1S/C17H27NO3/c1-12-6-13(2)8-16(7-12)21-11-15(20)9-18-17-5-3-4-14(17)10-19/h6-8,14-15,17-20H,3-5,9-11H2,1-2H3. The minimum atomic E-state index is -0.536. The molecular weight excluding hydrogens is 266 g/mol. The Morgan fingerprint density at radius 3 is 2.62 bits per heavy atom. The maximum atomic E-state index is 10.0. The lowest BCUT2D eigenvalue weighted by molar-refractivity contribution is 0.0991. The van der Waals surface area contributed by atoms with E-state index in [1.165, 1.54) is 0 Å². The molecule has 1 aliphatic rings. The molecule has 1 aromatic carbocycles. The molecule has 0 aliphatic heterocycles. The van der Waals surface area contributed by atoms with Gasteiger partial charge in [-0.1, -0.05) is 12.5 Å². The van der Waals surface area contributed by atoms with Crippen LogP contribution in [-0.2, 0) is 0 Å². The van der Waals surface area contributed by atoms with Crippen LogP contribution in [0.2, 0.25) is 0 Å². The third kappa shape index (κ3) is 4.99. The first kappa shape index (κ1) is 16.3. The van der Waals surface area contributed by atoms with Gasteiger partial charge in [-0.05, 0) is 55.9 Å². The van der Waals surface area contributed by atoms with Gasteiger partial charge in [0.25, 0.3) is 0 Å². The number of hydrogen-bond donors (Lipinski definition) is 3. The molecule has 3 unspecified atom stereocenters. The summed E-state index contributed by atoms with van der Waals surface area (Å²) in [4.78, 5) is 0. The van der Waals surface area contributed by atoms with Crippen LogP contribution in [0.5, 0.6) is 5.75 Å². The fourth-order valence-electron chi connectivity index (χ4n) is 3.08. The zero-order valence-electron chi connectivity index (χ0n) is 13.0. The largest absolute Gasteiger partial charge is 0.491 e. The molecule has 2 rings (SSSR count). The Balaban J connectivity index is 1.73. The lowest BCUT2D eigenvalue weighted by atomic mass is 10.1. The first-order chi connectivity index (χ1) is 10.1. The molecule has 1 saturated carbocycles. The SMILES string of the molecule is Cc1cc(C)cc(OCC(O)CNC2CCCC2CO)c1. The molecule has 4 nitrogen and oxygen atoms in total. The molecule has 3 atom stereocenters. The Bertz CT molecular complexity index is 429. The van der Waals surface area contributed by atoms with Gasteiger partial charge in [-0.2, -0.15) is 0 Å². The number of benzene rings is 1. The van der Waals surface area contributed by atoms with Crippen molar-refractivity contribution >= 4 is 0 Å². The molecule has 118 valence electrons. The molecule has 0 amide bonds. The number of nitrogens with one attached hydrogen (secondary N) is 1. The average molecular weight is 293 g/mol. The third-order valence-electron chi connectivity index (χ3n) is 4.15. The van der Waals surface area contributed by atoms with E-state index in [1.807, 2.05) is 26.0 Å². The number of hydrogen-bond acceptors (Lipinski definition) is 4. The van der Waals surface area contributed by atoms with Crippen molar-refractivity contribution in [2.75, 3.05) is 19.8 Å². The molecule has 0 saturated heterocycles. The molecular formula is C17H27NO3. The van der Waals surface area contributed by atoms with Crippen LogP contribution < -0.4 is 10.1 Å². The number of rotatable bonds is 7. The highest BCUT2D eigenvalue weighted by molar-refractivity contribution is 5.32. The highest BCUT2D eigenvalue weighted by atomic mass is 16.5. The first-order valence-electron chi connectivity index (χ1n) is 7.82. The molecule has 0 aromatic heterocycles. The van der Waals surface area contributed by atoms with Crippen molar-refractivity contribution in [3.05, 3.63) is 29.3 Å². The van der Waals surface area contributed by atoms with Crippen molar-refractivity contribution < 1.29 is 14.9 Å². The van der Waals surface area contributed by atoms with E-state index in [0.29, 0.717) is 18.5 Å². The van der Waals surface area contributed by atoms with Crippen LogP contribution in [0.3, 0.4) is 0 Å². The fraction of sp³-hybridized carbons (Fsp3) is 0.647. The van der Waals surface area contributed by atoms with Gasteiger partial charge < -0.3 is 20.3 Å². The van der Waals surface area contributed by atoms with Crippen LogP contribution in [-0.4, -0.2) is 42.1 Å². The van der Waals surface area contributed by atoms with Gasteiger partial charge in [0.05, 0.1) is 0 Å². The molecule has 3 N–H and O–H groups in total. The van der Waals surface area contributed by atoms with Crippen molar-refractivity contribution in [2.24, 2.45) is 5.92 Å². The highest BCUT2D eigenvalue weighted by Gasteiger charge is 2.26. The Morgan fingerprint density at radius 2 is 1.95 bits per heavy atom. The van der Waals surface area contributed by atoms with E-state index >= 15 is 0 Å². The normalized spacial score (nSPS) is 23.2. The van der Waals surface area contributed by atoms with Gasteiger partial charge in [-0.3, -0.25) is 0 Å². The van der Waals surface area contributed by atoms with Crippen molar-refractivity contribution in [1.29, 1.82) is 0 Å². The third-order valence-corrected chi connectivity index (χ3v) is 4.15. The summed E-state index contributed by atoms with van der Waals surface area (Å²) in [6.45, 7) is 5.09. The Morgan fingerprint density at radius 1 is 1.24 bits per heavy atom. The van der Waals surface area contributed by atoms with Gasteiger partial charge in [-0.25, -0.2) is 0 Å². The topological polar surface area (TPSA) is 61.7 Å². The molecule has 0 heterocycles. The maximum absolute atomic E-state index is 10.0. The summed E-state index contributed by atoms with van der Waals surface area (Å²) < 4.78 is 5.66. The first-order valence-corrected chi connectivity index (χ1v) is 7.82. The highest BCUT2D eigenvalue weighted by Crippen LogP contribution is 2.24. The van der Waals surface area contributed by atoms with Crippen LogP contribution in [0.4, 0.5) is 0 Å². The van der Waals surface area contributed by atoms with Crippen LogP contribution >= 0.6 is 0 Å². The van der Waals surface area contributed by atoms with E-state index in [9.17, 15) is 10.2 Å². The van der Waals surface area contributed by atoms with E-state index in [0.717, 1.165) is 36.1 Å².